The first-order valence-corrected chi connectivity index (χ1v) is 16.7. The van der Waals surface area contributed by atoms with Gasteiger partial charge in [0.25, 0.3) is 0 Å². The van der Waals surface area contributed by atoms with Gasteiger partial charge in [-0.05, 0) is 80.5 Å². The van der Waals surface area contributed by atoms with Gasteiger partial charge in [-0.3, -0.25) is 9.36 Å². The average Bonchev–Trinajstić information content (AvgIpc) is 3.94. The number of hydrogen-bond acceptors (Lipinski definition) is 6. The molecule has 0 aliphatic heterocycles. The van der Waals surface area contributed by atoms with Gasteiger partial charge in [0.15, 0.2) is 9.84 Å². The molecule has 2 aromatic carbocycles. The number of amides is 1. The largest absolute Gasteiger partial charge is 0.419 e. The zero-order valence-corrected chi connectivity index (χ0v) is 25.7. The van der Waals surface area contributed by atoms with Crippen LogP contribution in [0, 0.1) is 23.1 Å². The summed E-state index contributed by atoms with van der Waals surface area (Å²) in [7, 11) is -3.55. The van der Waals surface area contributed by atoms with Gasteiger partial charge < -0.3 is 10.0 Å². The number of alkyl halides is 3. The fourth-order valence-electron chi connectivity index (χ4n) is 5.51. The summed E-state index contributed by atoms with van der Waals surface area (Å²) in [5.74, 6) is -2.19. The van der Waals surface area contributed by atoms with Crippen molar-refractivity contribution in [3.63, 3.8) is 0 Å². The lowest BCUT2D eigenvalue weighted by Gasteiger charge is -2.30. The third-order valence-corrected chi connectivity index (χ3v) is 10.2. The smallest absolute Gasteiger partial charge is 0.387 e. The second kappa shape index (κ2) is 12.6. The van der Waals surface area contributed by atoms with Crippen LogP contribution < -0.4 is 0 Å². The fraction of sp³-hybridized carbons (Fsp3) is 0.469. The summed E-state index contributed by atoms with van der Waals surface area (Å²) in [5, 5.41) is 20.8. The molecule has 240 valence electrons. The first-order valence-electron chi connectivity index (χ1n) is 14.9. The van der Waals surface area contributed by atoms with Crippen LogP contribution in [-0.2, 0) is 27.2 Å². The van der Waals surface area contributed by atoms with Crippen LogP contribution in [0.3, 0.4) is 0 Å². The summed E-state index contributed by atoms with van der Waals surface area (Å²) in [5.41, 5.74) is 0.718. The lowest BCUT2D eigenvalue weighted by atomic mass is 10.1. The number of rotatable bonds is 12. The van der Waals surface area contributed by atoms with Crippen molar-refractivity contribution in [2.24, 2.45) is 5.92 Å². The third-order valence-electron chi connectivity index (χ3n) is 8.47. The standard InChI is InChI=1S/C32H34F4N4O4S/c1-3-45(43,44)15-14-39(27(41)17-21-6-13-26(33)25(16-21)32(34,35)36)19(2)31-38-28(22-7-8-22)29(30(42)23-9-10-23)40(31)24-11-4-20(18-37)5-12-24/h4-6,11-13,16,19,22-23,30,42H,3,7-10,14-15,17H2,1-2H3/t19-,30?/m1/s1. The van der Waals surface area contributed by atoms with E-state index in [1.54, 1.807) is 35.8 Å². The quantitative estimate of drug-likeness (QED) is 0.249. The molecule has 45 heavy (non-hydrogen) atoms. The molecule has 2 saturated carbocycles. The second-order valence-electron chi connectivity index (χ2n) is 11.8. The molecule has 2 aliphatic carbocycles. The van der Waals surface area contributed by atoms with Gasteiger partial charge in [0.1, 0.15) is 11.6 Å². The first-order chi connectivity index (χ1) is 21.2. The average molecular weight is 647 g/mol. The number of benzene rings is 2. The Balaban J connectivity index is 1.59. The molecule has 5 rings (SSSR count). The lowest BCUT2D eigenvalue weighted by molar-refractivity contribution is -0.140. The maximum atomic E-state index is 14.0. The number of hydrogen-bond donors (Lipinski definition) is 1. The molecule has 1 N–H and O–H groups in total. The van der Waals surface area contributed by atoms with Crippen molar-refractivity contribution in [3.8, 4) is 11.8 Å². The molecule has 2 aliphatic rings. The van der Waals surface area contributed by atoms with Gasteiger partial charge in [0.2, 0.25) is 5.91 Å². The maximum absolute atomic E-state index is 14.0. The third kappa shape index (κ3) is 7.23. The fourth-order valence-corrected chi connectivity index (χ4v) is 6.28. The van der Waals surface area contributed by atoms with Gasteiger partial charge in [0.05, 0.1) is 52.9 Å². The Morgan fingerprint density at radius 3 is 2.38 bits per heavy atom. The van der Waals surface area contributed by atoms with Crippen LogP contribution in [0.1, 0.15) is 91.5 Å². The molecular formula is C32H34F4N4O4S. The molecule has 3 aromatic rings. The molecular weight excluding hydrogens is 612 g/mol. The topological polar surface area (TPSA) is 116 Å². The van der Waals surface area contributed by atoms with Crippen molar-refractivity contribution in [3.05, 3.63) is 82.2 Å². The predicted octanol–water partition coefficient (Wildman–Crippen LogP) is 5.79. The van der Waals surface area contributed by atoms with Crippen molar-refractivity contribution in [1.82, 2.24) is 14.5 Å². The SMILES string of the molecule is CCS(=O)(=O)CCN(C(=O)Cc1ccc(F)c(C(F)(F)F)c1)[C@H](C)c1nc(C2CC2)c(C(O)C2CC2)n1-c1ccc(C#N)cc1. The number of aromatic nitrogens is 2. The number of carbonyl (C=O) groups is 1. The molecule has 0 radical (unpaired) electrons. The van der Waals surface area contributed by atoms with Crippen LogP contribution in [0.15, 0.2) is 42.5 Å². The highest BCUT2D eigenvalue weighted by Crippen LogP contribution is 2.49. The predicted molar refractivity (Wildman–Crippen MR) is 157 cm³/mol. The van der Waals surface area contributed by atoms with Crippen LogP contribution in [0.2, 0.25) is 0 Å². The summed E-state index contributed by atoms with van der Waals surface area (Å²) >= 11 is 0. The van der Waals surface area contributed by atoms with E-state index in [0.29, 0.717) is 40.6 Å². The van der Waals surface area contributed by atoms with E-state index in [9.17, 15) is 41.1 Å². The Bertz CT molecular complexity index is 1720. The van der Waals surface area contributed by atoms with Crippen molar-refractivity contribution in [2.45, 2.75) is 70.2 Å². The highest BCUT2D eigenvalue weighted by atomic mass is 32.2. The molecule has 8 nitrogen and oxygen atoms in total. The number of nitriles is 1. The molecule has 0 bridgehead atoms. The highest BCUT2D eigenvalue weighted by molar-refractivity contribution is 7.91. The summed E-state index contributed by atoms with van der Waals surface area (Å²) in [6, 6.07) is 10.2. The Hall–Kier alpha value is -3.76. The molecule has 2 fully saturated rings. The van der Waals surface area contributed by atoms with Gasteiger partial charge in [-0.15, -0.1) is 0 Å². The van der Waals surface area contributed by atoms with Crippen molar-refractivity contribution in [1.29, 1.82) is 5.26 Å². The highest BCUT2D eigenvalue weighted by Gasteiger charge is 2.41. The molecule has 1 aromatic heterocycles. The minimum Gasteiger partial charge on any atom is -0.387 e. The van der Waals surface area contributed by atoms with Gasteiger partial charge in [-0.25, -0.2) is 17.8 Å². The van der Waals surface area contributed by atoms with Crippen LogP contribution in [-0.4, -0.2) is 51.9 Å². The normalized spacial score (nSPS) is 16.7. The Morgan fingerprint density at radius 1 is 1.16 bits per heavy atom. The first kappa shape index (κ1) is 32.6. The number of sulfone groups is 1. The van der Waals surface area contributed by atoms with Crippen molar-refractivity contribution >= 4 is 15.7 Å². The van der Waals surface area contributed by atoms with Crippen LogP contribution >= 0.6 is 0 Å². The number of aliphatic hydroxyl groups excluding tert-OH is 1. The van der Waals surface area contributed by atoms with E-state index in [1.807, 2.05) is 0 Å². The van der Waals surface area contributed by atoms with Gasteiger partial charge in [0, 0.05) is 23.9 Å². The van der Waals surface area contributed by atoms with Crippen LogP contribution in [0.25, 0.3) is 5.69 Å². The van der Waals surface area contributed by atoms with E-state index in [1.165, 1.54) is 11.8 Å². The number of carbonyl (C=O) groups excluding carboxylic acids is 1. The van der Waals surface area contributed by atoms with E-state index < -0.39 is 51.9 Å². The summed E-state index contributed by atoms with van der Waals surface area (Å²) < 4.78 is 81.0. The van der Waals surface area contributed by atoms with Crippen LogP contribution in [0.4, 0.5) is 17.6 Å². The molecule has 1 amide bonds. The van der Waals surface area contributed by atoms with E-state index in [-0.39, 0.29) is 35.4 Å². The molecule has 0 spiro atoms. The van der Waals surface area contributed by atoms with E-state index in [2.05, 4.69) is 6.07 Å². The van der Waals surface area contributed by atoms with Gasteiger partial charge in [-0.2, -0.15) is 18.4 Å². The number of halogens is 4. The monoisotopic (exact) mass is 646 g/mol. The molecule has 1 unspecified atom stereocenters. The molecule has 1 heterocycles. The summed E-state index contributed by atoms with van der Waals surface area (Å²) in [6.45, 7) is 2.88. The van der Waals surface area contributed by atoms with E-state index in [0.717, 1.165) is 31.7 Å². The van der Waals surface area contributed by atoms with Gasteiger partial charge in [-0.1, -0.05) is 13.0 Å². The van der Waals surface area contributed by atoms with E-state index >= 15 is 0 Å². The zero-order chi connectivity index (χ0) is 32.7. The van der Waals surface area contributed by atoms with Crippen molar-refractivity contribution < 1.29 is 35.9 Å². The molecule has 2 atom stereocenters. The number of aliphatic hydroxyl groups is 1. The summed E-state index contributed by atoms with van der Waals surface area (Å²) in [6.07, 6.45) is -2.93. The lowest BCUT2D eigenvalue weighted by Crippen LogP contribution is -2.39. The van der Waals surface area contributed by atoms with E-state index in [4.69, 9.17) is 4.98 Å². The number of imidazole rings is 1. The maximum Gasteiger partial charge on any atom is 0.419 e. The Kier molecular flexibility index (Phi) is 9.11. The van der Waals surface area contributed by atoms with Gasteiger partial charge >= 0.3 is 6.18 Å². The number of nitrogens with zero attached hydrogens (tertiary/aromatic N) is 4. The van der Waals surface area contributed by atoms with Crippen LogP contribution in [0.5, 0.6) is 0 Å². The minimum atomic E-state index is -4.96. The second-order valence-corrected chi connectivity index (χ2v) is 14.3. The molecule has 13 heteroatoms. The Morgan fingerprint density at radius 2 is 1.82 bits per heavy atom. The van der Waals surface area contributed by atoms with Crippen molar-refractivity contribution in [2.75, 3.05) is 18.1 Å². The Labute approximate surface area is 259 Å². The summed E-state index contributed by atoms with van der Waals surface area (Å²) in [4.78, 5) is 20.1. The molecule has 0 saturated heterocycles. The zero-order valence-electron chi connectivity index (χ0n) is 24.9. The minimum absolute atomic E-state index is 0.0354.